The smallest absolute Gasteiger partial charge is 0.368 e. The Hall–Kier alpha value is -3.74. The molecule has 0 spiro atoms. The summed E-state index contributed by atoms with van der Waals surface area (Å²) in [6.45, 7) is 3.91. The average molecular weight is 445 g/mol. The van der Waals surface area contributed by atoms with Gasteiger partial charge in [-0.2, -0.15) is 18.4 Å². The van der Waals surface area contributed by atoms with E-state index in [0.29, 0.717) is 5.69 Å². The third-order valence-electron chi connectivity index (χ3n) is 5.40. The largest absolute Gasteiger partial charge is 0.417 e. The summed E-state index contributed by atoms with van der Waals surface area (Å²) < 4.78 is 40.0. The van der Waals surface area contributed by atoms with Gasteiger partial charge in [0, 0.05) is 31.0 Å². The number of nitrogens with one attached hydrogen (secondary N) is 1. The highest BCUT2D eigenvalue weighted by Crippen LogP contribution is 2.35. The number of alkyl halides is 3. The molecule has 0 aromatic heterocycles. The van der Waals surface area contributed by atoms with Gasteiger partial charge < -0.3 is 20.9 Å². The van der Waals surface area contributed by atoms with E-state index in [4.69, 9.17) is 11.0 Å². The number of nitriles is 1. The van der Waals surface area contributed by atoms with E-state index in [0.717, 1.165) is 23.3 Å². The molecule has 1 aliphatic heterocycles. The van der Waals surface area contributed by atoms with Gasteiger partial charge in [0.05, 0.1) is 17.2 Å². The molecule has 2 aromatic carbocycles. The summed E-state index contributed by atoms with van der Waals surface area (Å²) in [4.78, 5) is 27.8. The number of hydrogen-bond donors (Lipinski definition) is 2. The molecule has 10 heteroatoms. The van der Waals surface area contributed by atoms with Gasteiger partial charge in [0.25, 0.3) is 0 Å². The second-order valence-electron chi connectivity index (χ2n) is 7.65. The van der Waals surface area contributed by atoms with Crippen LogP contribution in [-0.4, -0.2) is 42.5 Å². The minimum absolute atomic E-state index is 0.0707. The van der Waals surface area contributed by atoms with Crippen molar-refractivity contribution in [2.45, 2.75) is 26.1 Å². The molecule has 0 saturated carbocycles. The molecular weight excluding hydrogens is 423 g/mol. The number of rotatable bonds is 3. The zero-order valence-corrected chi connectivity index (χ0v) is 17.5. The van der Waals surface area contributed by atoms with Gasteiger partial charge in [0.2, 0.25) is 5.91 Å². The maximum atomic E-state index is 13.3. The zero-order chi connectivity index (χ0) is 23.6. The first-order chi connectivity index (χ1) is 15.0. The number of hydrogen-bond acceptors (Lipinski definition) is 4. The number of piperazine rings is 1. The number of aryl methyl sites for hydroxylation is 2. The lowest BCUT2D eigenvalue weighted by Crippen LogP contribution is -2.61. The van der Waals surface area contributed by atoms with Crippen LogP contribution in [0.4, 0.5) is 29.3 Å². The number of halogens is 3. The Morgan fingerprint density at radius 3 is 2.50 bits per heavy atom. The van der Waals surface area contributed by atoms with E-state index in [-0.39, 0.29) is 25.3 Å². The molecule has 168 valence electrons. The van der Waals surface area contributed by atoms with Crippen LogP contribution in [0.3, 0.4) is 0 Å². The Kier molecular flexibility index (Phi) is 6.30. The molecule has 1 unspecified atom stereocenters. The van der Waals surface area contributed by atoms with Crippen LogP contribution in [0.25, 0.3) is 0 Å². The van der Waals surface area contributed by atoms with E-state index in [2.05, 4.69) is 5.32 Å². The normalized spacial score (nSPS) is 16.4. The van der Waals surface area contributed by atoms with Crippen LogP contribution < -0.4 is 16.0 Å². The van der Waals surface area contributed by atoms with Gasteiger partial charge in [-0.3, -0.25) is 4.79 Å². The van der Waals surface area contributed by atoms with Crippen LogP contribution in [0.2, 0.25) is 0 Å². The van der Waals surface area contributed by atoms with Crippen molar-refractivity contribution in [1.29, 1.82) is 5.26 Å². The van der Waals surface area contributed by atoms with Crippen molar-refractivity contribution in [2.24, 2.45) is 5.73 Å². The molecule has 0 radical (unpaired) electrons. The highest BCUT2D eigenvalue weighted by atomic mass is 19.4. The second-order valence-corrected chi connectivity index (χ2v) is 7.65. The summed E-state index contributed by atoms with van der Waals surface area (Å²) in [5, 5.41) is 11.8. The van der Waals surface area contributed by atoms with E-state index in [9.17, 15) is 22.8 Å². The molecule has 32 heavy (non-hydrogen) atoms. The molecule has 3 N–H and O–H groups in total. The molecule has 1 saturated heterocycles. The quantitative estimate of drug-likeness (QED) is 0.756. The Balaban J connectivity index is 1.83. The van der Waals surface area contributed by atoms with Gasteiger partial charge >= 0.3 is 12.2 Å². The molecule has 3 rings (SSSR count). The topological polar surface area (TPSA) is 102 Å². The number of benzene rings is 2. The van der Waals surface area contributed by atoms with Gasteiger partial charge in [-0.25, -0.2) is 4.79 Å². The minimum Gasteiger partial charge on any atom is -0.368 e. The van der Waals surface area contributed by atoms with Crippen LogP contribution in [0, 0.1) is 25.2 Å². The first-order valence-electron chi connectivity index (χ1n) is 9.81. The van der Waals surface area contributed by atoms with Crippen molar-refractivity contribution in [3.05, 3.63) is 58.7 Å². The Bertz CT molecular complexity index is 1090. The number of amides is 3. The first-order valence-corrected chi connectivity index (χ1v) is 9.81. The standard InChI is InChI=1S/C22H22F3N5O2/c1-13-3-4-14(2)18(9-13)28-21(32)30-8-7-29(12-19(30)20(27)31)16-6-5-15(11-26)17(10-16)22(23,24)25/h3-6,9-10,19H,7-8,12H2,1-2H3,(H2,27,31)(H,28,32). The lowest BCUT2D eigenvalue weighted by molar-refractivity contribution is -0.137. The number of nitrogens with two attached hydrogens (primary N) is 1. The lowest BCUT2D eigenvalue weighted by atomic mass is 10.0. The molecule has 2 aromatic rings. The SMILES string of the molecule is Cc1ccc(C)c(NC(=O)N2CCN(c3ccc(C#N)c(C(F)(F)F)c3)CC2C(N)=O)c1. The van der Waals surface area contributed by atoms with Gasteiger partial charge in [0.1, 0.15) is 6.04 Å². The maximum absolute atomic E-state index is 13.3. The molecule has 1 fully saturated rings. The highest BCUT2D eigenvalue weighted by Gasteiger charge is 2.37. The monoisotopic (exact) mass is 445 g/mol. The summed E-state index contributed by atoms with van der Waals surface area (Å²) in [6, 6.07) is 8.91. The van der Waals surface area contributed by atoms with Crippen molar-refractivity contribution in [3.63, 3.8) is 0 Å². The van der Waals surface area contributed by atoms with Crippen LogP contribution >= 0.6 is 0 Å². The van der Waals surface area contributed by atoms with Crippen molar-refractivity contribution < 1.29 is 22.8 Å². The second kappa shape index (κ2) is 8.78. The summed E-state index contributed by atoms with van der Waals surface area (Å²) >= 11 is 0. The predicted octanol–water partition coefficient (Wildman–Crippen LogP) is 3.40. The first kappa shape index (κ1) is 22.9. The van der Waals surface area contributed by atoms with Gasteiger partial charge in [-0.15, -0.1) is 0 Å². The molecular formula is C22H22F3N5O2. The Morgan fingerprint density at radius 2 is 1.88 bits per heavy atom. The molecule has 3 amide bonds. The van der Waals surface area contributed by atoms with Crippen LogP contribution in [0.15, 0.2) is 36.4 Å². The van der Waals surface area contributed by atoms with Crippen LogP contribution in [0.1, 0.15) is 22.3 Å². The molecule has 1 aliphatic rings. The van der Waals surface area contributed by atoms with Gasteiger partial charge in [-0.1, -0.05) is 12.1 Å². The highest BCUT2D eigenvalue weighted by molar-refractivity contribution is 5.94. The van der Waals surface area contributed by atoms with E-state index in [1.165, 1.54) is 17.0 Å². The minimum atomic E-state index is -4.70. The number of nitrogens with zero attached hydrogens (tertiary/aromatic N) is 3. The lowest BCUT2D eigenvalue weighted by Gasteiger charge is -2.41. The van der Waals surface area contributed by atoms with Crippen molar-refractivity contribution in [1.82, 2.24) is 4.90 Å². The summed E-state index contributed by atoms with van der Waals surface area (Å²) in [5.41, 5.74) is 6.56. The summed E-state index contributed by atoms with van der Waals surface area (Å²) in [6.07, 6.45) is -4.70. The number of urea groups is 1. The maximum Gasteiger partial charge on any atom is 0.417 e. The number of primary amides is 1. The molecule has 1 heterocycles. The fourth-order valence-electron chi connectivity index (χ4n) is 3.62. The molecule has 1 atom stereocenters. The third kappa shape index (κ3) is 4.77. The molecule has 0 aliphatic carbocycles. The van der Waals surface area contributed by atoms with Crippen LogP contribution in [-0.2, 0) is 11.0 Å². The van der Waals surface area contributed by atoms with E-state index >= 15 is 0 Å². The van der Waals surface area contributed by atoms with E-state index < -0.39 is 35.3 Å². The fourth-order valence-corrected chi connectivity index (χ4v) is 3.62. The van der Waals surface area contributed by atoms with Crippen molar-refractivity contribution in [2.75, 3.05) is 29.9 Å². The number of anilines is 2. The van der Waals surface area contributed by atoms with Crippen molar-refractivity contribution >= 4 is 23.3 Å². The fraction of sp³-hybridized carbons (Fsp3) is 0.318. The Morgan fingerprint density at radius 1 is 1.16 bits per heavy atom. The number of carbonyl (C=O) groups excluding carboxylic acids is 2. The zero-order valence-electron chi connectivity index (χ0n) is 17.5. The predicted molar refractivity (Wildman–Crippen MR) is 113 cm³/mol. The third-order valence-corrected chi connectivity index (χ3v) is 5.40. The summed E-state index contributed by atoms with van der Waals surface area (Å²) in [7, 11) is 0. The van der Waals surface area contributed by atoms with Gasteiger partial charge in [0.15, 0.2) is 0 Å². The van der Waals surface area contributed by atoms with Gasteiger partial charge in [-0.05, 0) is 49.2 Å². The van der Waals surface area contributed by atoms with E-state index in [1.54, 1.807) is 11.0 Å². The Labute approximate surface area is 183 Å². The van der Waals surface area contributed by atoms with E-state index in [1.807, 2.05) is 26.0 Å². The van der Waals surface area contributed by atoms with Crippen molar-refractivity contribution in [3.8, 4) is 6.07 Å². The summed E-state index contributed by atoms with van der Waals surface area (Å²) in [5.74, 6) is -0.768. The van der Waals surface area contributed by atoms with Crippen LogP contribution in [0.5, 0.6) is 0 Å². The number of carbonyl (C=O) groups is 2. The molecule has 0 bridgehead atoms. The average Bonchev–Trinajstić information content (AvgIpc) is 2.74. The molecule has 7 nitrogen and oxygen atoms in total.